The first-order chi connectivity index (χ1) is 14.7. The lowest BCUT2D eigenvalue weighted by atomic mass is 9.97. The second kappa shape index (κ2) is 11.0. The summed E-state index contributed by atoms with van der Waals surface area (Å²) in [6.45, 7) is 9.64. The first-order valence-corrected chi connectivity index (χ1v) is 10.9. The predicted octanol–water partition coefficient (Wildman–Crippen LogP) is 5.84. The van der Waals surface area contributed by atoms with Crippen molar-refractivity contribution in [2.75, 3.05) is 7.11 Å². The van der Waals surface area contributed by atoms with E-state index < -0.39 is 17.7 Å². The fourth-order valence-electron chi connectivity index (χ4n) is 3.40. The van der Waals surface area contributed by atoms with E-state index in [1.165, 1.54) is 7.11 Å². The SMILES string of the molecule is CCCc1cc(C(=O)OC)cc(CCC)c1OC(C(=O)OC(C)(C)C)c1ccccc1. The van der Waals surface area contributed by atoms with Crippen molar-refractivity contribution in [3.05, 3.63) is 64.7 Å². The fourth-order valence-corrected chi connectivity index (χ4v) is 3.40. The molecule has 1 unspecified atom stereocenters. The molecule has 0 amide bonds. The van der Waals surface area contributed by atoms with Gasteiger partial charge in [-0.1, -0.05) is 57.0 Å². The van der Waals surface area contributed by atoms with Crippen LogP contribution in [-0.2, 0) is 27.1 Å². The average Bonchev–Trinajstić information content (AvgIpc) is 2.72. The molecule has 0 saturated carbocycles. The lowest BCUT2D eigenvalue weighted by Crippen LogP contribution is -2.30. The summed E-state index contributed by atoms with van der Waals surface area (Å²) in [7, 11) is 1.37. The lowest BCUT2D eigenvalue weighted by Gasteiger charge is -2.26. The number of aryl methyl sites for hydroxylation is 2. The molecule has 0 fully saturated rings. The molecule has 0 heterocycles. The number of benzene rings is 2. The molecule has 0 spiro atoms. The topological polar surface area (TPSA) is 61.8 Å². The Morgan fingerprint density at radius 3 is 1.94 bits per heavy atom. The quantitative estimate of drug-likeness (QED) is 0.471. The van der Waals surface area contributed by atoms with Crippen LogP contribution in [0.1, 0.15) is 80.6 Å². The van der Waals surface area contributed by atoms with E-state index in [-0.39, 0.29) is 5.97 Å². The van der Waals surface area contributed by atoms with Crippen LogP contribution in [0.3, 0.4) is 0 Å². The van der Waals surface area contributed by atoms with Crippen molar-refractivity contribution in [3.63, 3.8) is 0 Å². The van der Waals surface area contributed by atoms with Crippen LogP contribution in [0.4, 0.5) is 0 Å². The van der Waals surface area contributed by atoms with Crippen molar-refractivity contribution in [2.24, 2.45) is 0 Å². The maximum atomic E-state index is 13.1. The zero-order chi connectivity index (χ0) is 23.0. The van der Waals surface area contributed by atoms with Gasteiger partial charge in [0, 0.05) is 5.56 Å². The normalized spacial score (nSPS) is 12.2. The van der Waals surface area contributed by atoms with Crippen molar-refractivity contribution < 1.29 is 23.8 Å². The van der Waals surface area contributed by atoms with E-state index in [2.05, 4.69) is 13.8 Å². The molecule has 2 aromatic rings. The smallest absolute Gasteiger partial charge is 0.352 e. The summed E-state index contributed by atoms with van der Waals surface area (Å²) in [5.41, 5.74) is 2.35. The Morgan fingerprint density at radius 2 is 1.48 bits per heavy atom. The number of methoxy groups -OCH3 is 1. The maximum absolute atomic E-state index is 13.1. The molecule has 5 nitrogen and oxygen atoms in total. The van der Waals surface area contributed by atoms with Gasteiger partial charge in [0.2, 0.25) is 6.10 Å². The predicted molar refractivity (Wildman–Crippen MR) is 121 cm³/mol. The van der Waals surface area contributed by atoms with Gasteiger partial charge < -0.3 is 14.2 Å². The molecule has 1 atom stereocenters. The van der Waals surface area contributed by atoms with Crippen molar-refractivity contribution in [3.8, 4) is 5.75 Å². The summed E-state index contributed by atoms with van der Waals surface area (Å²) >= 11 is 0. The average molecular weight is 427 g/mol. The van der Waals surface area contributed by atoms with E-state index in [1.54, 1.807) is 12.1 Å². The Bertz CT molecular complexity index is 853. The number of esters is 2. The number of carbonyl (C=O) groups is 2. The summed E-state index contributed by atoms with van der Waals surface area (Å²) < 4.78 is 17.0. The van der Waals surface area contributed by atoms with Gasteiger partial charge in [-0.2, -0.15) is 0 Å². The van der Waals surface area contributed by atoms with Gasteiger partial charge in [0.15, 0.2) is 0 Å². The number of hydrogen-bond acceptors (Lipinski definition) is 5. The van der Waals surface area contributed by atoms with Gasteiger partial charge >= 0.3 is 11.9 Å². The Hall–Kier alpha value is -2.82. The van der Waals surface area contributed by atoms with Gasteiger partial charge in [-0.3, -0.25) is 0 Å². The van der Waals surface area contributed by atoms with Crippen LogP contribution < -0.4 is 4.74 Å². The second-order valence-corrected chi connectivity index (χ2v) is 8.56. The highest BCUT2D eigenvalue weighted by Crippen LogP contribution is 2.34. The summed E-state index contributed by atoms with van der Waals surface area (Å²) in [6.07, 6.45) is 2.26. The molecule has 0 aromatic heterocycles. The van der Waals surface area contributed by atoms with Crippen LogP contribution in [0.5, 0.6) is 5.75 Å². The minimum absolute atomic E-state index is 0.381. The standard InChI is InChI=1S/C26H34O5/c1-7-12-19-16-21(24(27)29-6)17-20(13-8-2)22(19)30-23(18-14-10-9-11-15-18)25(28)31-26(3,4)5/h9-11,14-17,23H,7-8,12-13H2,1-6H3. The van der Waals surface area contributed by atoms with Crippen LogP contribution in [0.2, 0.25) is 0 Å². The molecule has 0 aliphatic rings. The zero-order valence-corrected chi connectivity index (χ0v) is 19.5. The highest BCUT2D eigenvalue weighted by Gasteiger charge is 2.30. The summed E-state index contributed by atoms with van der Waals surface area (Å²) in [5.74, 6) is -0.176. The van der Waals surface area contributed by atoms with E-state index in [0.29, 0.717) is 24.2 Å². The van der Waals surface area contributed by atoms with Crippen LogP contribution in [-0.4, -0.2) is 24.6 Å². The Balaban J connectivity index is 2.58. The third kappa shape index (κ3) is 6.84. The van der Waals surface area contributed by atoms with Gasteiger partial charge in [-0.05, 0) is 56.9 Å². The lowest BCUT2D eigenvalue weighted by molar-refractivity contribution is -0.163. The maximum Gasteiger partial charge on any atom is 0.352 e. The van der Waals surface area contributed by atoms with E-state index in [4.69, 9.17) is 14.2 Å². The first kappa shape index (κ1) is 24.4. The minimum atomic E-state index is -0.907. The van der Waals surface area contributed by atoms with E-state index in [1.807, 2.05) is 51.1 Å². The minimum Gasteiger partial charge on any atom is -0.473 e. The molecule has 0 saturated heterocycles. The summed E-state index contributed by atoms with van der Waals surface area (Å²) in [6, 6.07) is 13.0. The first-order valence-electron chi connectivity index (χ1n) is 10.9. The third-order valence-corrected chi connectivity index (χ3v) is 4.66. The third-order valence-electron chi connectivity index (χ3n) is 4.66. The largest absolute Gasteiger partial charge is 0.473 e. The van der Waals surface area contributed by atoms with Gasteiger partial charge in [0.25, 0.3) is 0 Å². The molecule has 0 radical (unpaired) electrons. The van der Waals surface area contributed by atoms with Gasteiger partial charge in [0.1, 0.15) is 11.4 Å². The number of ether oxygens (including phenoxy) is 3. The molecular formula is C26H34O5. The molecule has 2 rings (SSSR count). The van der Waals surface area contributed by atoms with Gasteiger partial charge in [0.05, 0.1) is 12.7 Å². The number of rotatable bonds is 9. The van der Waals surface area contributed by atoms with Crippen molar-refractivity contribution in [2.45, 2.75) is 72.0 Å². The Morgan fingerprint density at radius 1 is 0.935 bits per heavy atom. The van der Waals surface area contributed by atoms with Crippen LogP contribution in [0.25, 0.3) is 0 Å². The van der Waals surface area contributed by atoms with E-state index >= 15 is 0 Å². The molecule has 0 aliphatic heterocycles. The molecule has 31 heavy (non-hydrogen) atoms. The highest BCUT2D eigenvalue weighted by atomic mass is 16.6. The highest BCUT2D eigenvalue weighted by molar-refractivity contribution is 5.90. The Kier molecular flexibility index (Phi) is 8.66. The molecular weight excluding hydrogens is 392 g/mol. The van der Waals surface area contributed by atoms with Crippen molar-refractivity contribution >= 4 is 11.9 Å². The zero-order valence-electron chi connectivity index (χ0n) is 19.5. The molecule has 5 heteroatoms. The van der Waals surface area contributed by atoms with Crippen molar-refractivity contribution in [1.82, 2.24) is 0 Å². The summed E-state index contributed by atoms with van der Waals surface area (Å²) in [4.78, 5) is 25.3. The molecule has 0 bridgehead atoms. The van der Waals surface area contributed by atoms with E-state index in [9.17, 15) is 9.59 Å². The Labute approximate surface area is 185 Å². The molecule has 0 N–H and O–H groups in total. The molecule has 2 aromatic carbocycles. The van der Waals surface area contributed by atoms with Crippen LogP contribution in [0.15, 0.2) is 42.5 Å². The monoisotopic (exact) mass is 426 g/mol. The van der Waals surface area contributed by atoms with Crippen molar-refractivity contribution in [1.29, 1.82) is 0 Å². The van der Waals surface area contributed by atoms with Crippen LogP contribution >= 0.6 is 0 Å². The molecule has 0 aliphatic carbocycles. The number of hydrogen-bond donors (Lipinski definition) is 0. The van der Waals surface area contributed by atoms with Gasteiger partial charge in [-0.15, -0.1) is 0 Å². The summed E-state index contributed by atoms with van der Waals surface area (Å²) in [5, 5.41) is 0. The molecule has 168 valence electrons. The van der Waals surface area contributed by atoms with Gasteiger partial charge in [-0.25, -0.2) is 9.59 Å². The van der Waals surface area contributed by atoms with E-state index in [0.717, 1.165) is 29.5 Å². The fraction of sp³-hybridized carbons (Fsp3) is 0.462. The number of carbonyl (C=O) groups excluding carboxylic acids is 2. The van der Waals surface area contributed by atoms with Crippen LogP contribution in [0, 0.1) is 0 Å². The second-order valence-electron chi connectivity index (χ2n) is 8.56.